The Hall–Kier alpha value is -4.48. The lowest BCUT2D eigenvalue weighted by Crippen LogP contribution is -2.63. The van der Waals surface area contributed by atoms with Crippen LogP contribution in [0.25, 0.3) is 11.1 Å². The molecule has 0 unspecified atom stereocenters. The molecule has 0 saturated heterocycles. The van der Waals surface area contributed by atoms with Crippen molar-refractivity contribution in [2.45, 2.75) is 50.8 Å². The zero-order valence-corrected chi connectivity index (χ0v) is 24.7. The van der Waals surface area contributed by atoms with Gasteiger partial charge in [0.1, 0.15) is 22.8 Å². The van der Waals surface area contributed by atoms with E-state index in [1.165, 1.54) is 11.0 Å². The fraction of sp³-hybridized carbons (Fsp3) is 0.375. The van der Waals surface area contributed by atoms with E-state index in [0.717, 1.165) is 5.56 Å². The van der Waals surface area contributed by atoms with Gasteiger partial charge in [-0.3, -0.25) is 19.3 Å². The Morgan fingerprint density at radius 3 is 2.33 bits per heavy atom. The molecule has 0 saturated carbocycles. The molecule has 0 radical (unpaired) electrons. The van der Waals surface area contributed by atoms with E-state index in [0.29, 0.717) is 16.8 Å². The number of nitrogens with one attached hydrogen (secondary N) is 1. The van der Waals surface area contributed by atoms with Gasteiger partial charge in [0.15, 0.2) is 11.4 Å². The van der Waals surface area contributed by atoms with E-state index in [2.05, 4.69) is 10.3 Å². The highest BCUT2D eigenvalue weighted by Gasteiger charge is 2.63. The minimum atomic E-state index is -2.67. The Kier molecular flexibility index (Phi) is 7.22. The topological polar surface area (TPSA) is 186 Å². The molecule has 2 aromatic carbocycles. The summed E-state index contributed by atoms with van der Waals surface area (Å²) in [7, 11) is 3.19. The lowest BCUT2D eigenvalue weighted by atomic mass is 9.58. The van der Waals surface area contributed by atoms with Gasteiger partial charge in [-0.1, -0.05) is 18.2 Å². The number of aliphatic imine (C=N–C) groups is 1. The van der Waals surface area contributed by atoms with Crippen LogP contribution in [0.1, 0.15) is 43.1 Å². The number of primary amides is 1. The van der Waals surface area contributed by atoms with Crippen molar-refractivity contribution in [2.24, 2.45) is 22.6 Å². The van der Waals surface area contributed by atoms with Crippen LogP contribution in [0.4, 0.5) is 5.69 Å². The molecule has 11 heteroatoms. The van der Waals surface area contributed by atoms with Crippen molar-refractivity contribution in [1.29, 1.82) is 0 Å². The number of allylic oxidation sites excluding steroid dienone is 1. The van der Waals surface area contributed by atoms with Gasteiger partial charge in [-0.05, 0) is 88.5 Å². The number of nitrogens with two attached hydrogens (primary N) is 1. The maximum Gasteiger partial charge on any atom is 0.255 e. The van der Waals surface area contributed by atoms with E-state index in [1.54, 1.807) is 26.5 Å². The van der Waals surface area contributed by atoms with Crippen LogP contribution in [-0.2, 0) is 16.0 Å². The summed E-state index contributed by atoms with van der Waals surface area (Å²) < 4.78 is 0. The highest BCUT2D eigenvalue weighted by Crippen LogP contribution is 2.53. The number of nitrogens with zero attached hydrogens (tertiary/aromatic N) is 2. The first-order valence-electron chi connectivity index (χ1n) is 14.0. The number of carbonyl (C=O) groups is 3. The molecule has 4 atom stereocenters. The molecule has 226 valence electrons. The Morgan fingerprint density at radius 1 is 1.09 bits per heavy atom. The third-order valence-corrected chi connectivity index (χ3v) is 8.50. The Morgan fingerprint density at radius 2 is 1.74 bits per heavy atom. The highest BCUT2D eigenvalue weighted by atomic mass is 16.3. The average Bonchev–Trinajstić information content (AvgIpc) is 2.90. The SMILES string of the molecule is CN(C)[C@H]1C(O)=C(C(N)=O)C(=O)[C@@]2(O)C(O)=C3C(=O)c4c(O)ccc(-c5ccc(/N=C\NC(C)(C)C)cc5)c4C[C@@H]3C[C@H]12. The number of hydrogen-bond donors (Lipinski definition) is 6. The Balaban J connectivity index is 1.59. The van der Waals surface area contributed by atoms with E-state index in [9.17, 15) is 34.8 Å². The van der Waals surface area contributed by atoms with Crippen LogP contribution in [-0.4, -0.2) is 80.4 Å². The number of hydrogen-bond acceptors (Lipinski definition) is 9. The molecule has 5 rings (SSSR count). The second-order valence-corrected chi connectivity index (χ2v) is 12.6. The number of carbonyl (C=O) groups excluding carboxylic acids is 3. The number of Topliss-reactive ketones (excluding diaryl/α,β-unsaturated/α-hetero) is 2. The number of aliphatic hydroxyl groups excluding tert-OH is 2. The zero-order chi connectivity index (χ0) is 31.6. The number of phenols is 1. The van der Waals surface area contributed by atoms with Gasteiger partial charge in [-0.2, -0.15) is 0 Å². The summed E-state index contributed by atoms with van der Waals surface area (Å²) in [4.78, 5) is 45.5. The predicted molar refractivity (Wildman–Crippen MR) is 160 cm³/mol. The van der Waals surface area contributed by atoms with Crippen molar-refractivity contribution in [3.63, 3.8) is 0 Å². The summed E-state index contributed by atoms with van der Waals surface area (Å²) in [6.07, 6.45) is 1.86. The molecule has 0 bridgehead atoms. The number of amides is 1. The summed E-state index contributed by atoms with van der Waals surface area (Å²) in [5, 5.41) is 48.1. The van der Waals surface area contributed by atoms with Crippen LogP contribution in [0.5, 0.6) is 5.75 Å². The largest absolute Gasteiger partial charge is 0.510 e. The molecule has 2 aromatic rings. The number of aromatic hydroxyl groups is 1. The average molecular weight is 589 g/mol. The molecular weight excluding hydrogens is 552 g/mol. The Bertz CT molecular complexity index is 1630. The molecule has 0 aliphatic heterocycles. The molecule has 43 heavy (non-hydrogen) atoms. The third-order valence-electron chi connectivity index (χ3n) is 8.50. The van der Waals surface area contributed by atoms with Gasteiger partial charge in [0.25, 0.3) is 5.91 Å². The number of phenolic OH excluding ortho intramolecular Hbond substituents is 1. The fourth-order valence-electron chi connectivity index (χ4n) is 6.55. The van der Waals surface area contributed by atoms with Gasteiger partial charge in [0, 0.05) is 17.0 Å². The van der Waals surface area contributed by atoms with Crippen molar-refractivity contribution < 1.29 is 34.8 Å². The molecule has 0 heterocycles. The second kappa shape index (κ2) is 10.4. The fourth-order valence-corrected chi connectivity index (χ4v) is 6.55. The second-order valence-electron chi connectivity index (χ2n) is 12.6. The van der Waals surface area contributed by atoms with Gasteiger partial charge in [-0.25, -0.2) is 4.99 Å². The van der Waals surface area contributed by atoms with E-state index >= 15 is 0 Å². The molecule has 0 fully saturated rings. The smallest absolute Gasteiger partial charge is 0.255 e. The number of benzene rings is 2. The van der Waals surface area contributed by atoms with Crippen molar-refractivity contribution in [3.05, 3.63) is 70.2 Å². The van der Waals surface area contributed by atoms with Crippen LogP contribution in [0.15, 0.2) is 64.1 Å². The molecule has 7 N–H and O–H groups in total. The van der Waals surface area contributed by atoms with Gasteiger partial charge >= 0.3 is 0 Å². The van der Waals surface area contributed by atoms with Gasteiger partial charge in [0.05, 0.1) is 23.6 Å². The number of ketones is 2. The van der Waals surface area contributed by atoms with Gasteiger partial charge in [0.2, 0.25) is 5.78 Å². The molecule has 3 aliphatic carbocycles. The monoisotopic (exact) mass is 588 g/mol. The third kappa shape index (κ3) is 4.78. The number of aliphatic hydroxyl groups is 3. The van der Waals surface area contributed by atoms with E-state index in [4.69, 9.17) is 5.73 Å². The molecule has 11 nitrogen and oxygen atoms in total. The summed E-state index contributed by atoms with van der Waals surface area (Å²) in [5.41, 5.74) is 4.28. The lowest BCUT2D eigenvalue weighted by molar-refractivity contribution is -0.148. The van der Waals surface area contributed by atoms with Crippen molar-refractivity contribution in [1.82, 2.24) is 10.2 Å². The highest BCUT2D eigenvalue weighted by molar-refractivity contribution is 6.24. The van der Waals surface area contributed by atoms with Crippen LogP contribution < -0.4 is 11.1 Å². The number of rotatable bonds is 5. The number of fused-ring (bicyclic) bond motifs is 3. The first-order chi connectivity index (χ1) is 20.1. The van der Waals surface area contributed by atoms with E-state index in [1.807, 2.05) is 45.0 Å². The summed E-state index contributed by atoms with van der Waals surface area (Å²) in [5.74, 6) is -6.78. The van der Waals surface area contributed by atoms with Crippen LogP contribution in [0.2, 0.25) is 0 Å². The van der Waals surface area contributed by atoms with Crippen LogP contribution >= 0.6 is 0 Å². The molecule has 0 aromatic heterocycles. The minimum Gasteiger partial charge on any atom is -0.510 e. The van der Waals surface area contributed by atoms with Gasteiger partial charge < -0.3 is 31.5 Å². The first kappa shape index (κ1) is 30.0. The standard InChI is InChI=1S/C32H36N4O7/c1-31(2,3)35-14-34-17-8-6-15(7-9-17)18-10-11-21(37)23-19(18)12-16-13-20-25(36(4)5)27(39)24(30(33)42)29(41)32(20,43)28(40)22(16)26(23)38/h6-11,14,16,20,25,37,39-40,43H,12-13H2,1-5H3,(H2,33,42)(H,34,35)/t16-,20-,25-,32+/m1/s1. The summed E-state index contributed by atoms with van der Waals surface area (Å²) >= 11 is 0. The van der Waals surface area contributed by atoms with E-state index < -0.39 is 58.0 Å². The van der Waals surface area contributed by atoms with E-state index in [-0.39, 0.29) is 35.3 Å². The van der Waals surface area contributed by atoms with Crippen molar-refractivity contribution in [2.75, 3.05) is 14.1 Å². The molecule has 0 spiro atoms. The Labute approximate surface area is 249 Å². The van der Waals surface area contributed by atoms with Crippen molar-refractivity contribution in [3.8, 4) is 16.9 Å². The van der Waals surface area contributed by atoms with Gasteiger partial charge in [-0.15, -0.1) is 0 Å². The maximum absolute atomic E-state index is 13.9. The predicted octanol–water partition coefficient (Wildman–Crippen LogP) is 2.84. The summed E-state index contributed by atoms with van der Waals surface area (Å²) in [6.45, 7) is 6.07. The first-order valence-corrected chi connectivity index (χ1v) is 14.0. The zero-order valence-electron chi connectivity index (χ0n) is 24.7. The molecule has 3 aliphatic rings. The maximum atomic E-state index is 13.9. The minimum absolute atomic E-state index is 0.0231. The number of likely N-dealkylation sites (N-methyl/N-ethyl adjacent to an activating group) is 1. The molecular formula is C32H36N4O7. The van der Waals surface area contributed by atoms with Crippen LogP contribution in [0, 0.1) is 11.8 Å². The summed E-state index contributed by atoms with van der Waals surface area (Å²) in [6, 6.07) is 9.45. The quantitative estimate of drug-likeness (QED) is 0.174. The normalized spacial score (nSPS) is 25.6. The van der Waals surface area contributed by atoms with Crippen molar-refractivity contribution >= 4 is 29.5 Å². The molecule has 1 amide bonds. The lowest BCUT2D eigenvalue weighted by Gasteiger charge is -2.50. The van der Waals surface area contributed by atoms with Crippen LogP contribution in [0.3, 0.4) is 0 Å².